The minimum atomic E-state index is -0.964. The first kappa shape index (κ1) is 18.3. The highest BCUT2D eigenvalue weighted by Gasteiger charge is 2.13. The van der Waals surface area contributed by atoms with E-state index in [-0.39, 0.29) is 35.3 Å². The van der Waals surface area contributed by atoms with Gasteiger partial charge in [0.05, 0.1) is 12.0 Å². The lowest BCUT2D eigenvalue weighted by Gasteiger charge is -2.03. The Morgan fingerprint density at radius 2 is 1.96 bits per heavy atom. The molecular formula is C16H18F2N4O. The molecule has 4 N–H and O–H groups in total. The number of halogens is 2. The van der Waals surface area contributed by atoms with Gasteiger partial charge in [-0.3, -0.25) is 10.2 Å². The molecule has 5 nitrogen and oxygen atoms in total. The van der Waals surface area contributed by atoms with E-state index in [1.165, 1.54) is 12.2 Å². The van der Waals surface area contributed by atoms with E-state index in [9.17, 15) is 13.6 Å². The van der Waals surface area contributed by atoms with E-state index in [0.29, 0.717) is 6.07 Å². The van der Waals surface area contributed by atoms with Gasteiger partial charge in [0, 0.05) is 17.7 Å². The lowest BCUT2D eigenvalue weighted by atomic mass is 10.0. The molecule has 122 valence electrons. The van der Waals surface area contributed by atoms with Crippen LogP contribution in [0.5, 0.6) is 0 Å². The monoisotopic (exact) mass is 320 g/mol. The molecule has 0 saturated carbocycles. The molecule has 0 aliphatic carbocycles. The third-order valence-electron chi connectivity index (χ3n) is 2.87. The Kier molecular flexibility index (Phi) is 6.44. The SMILES string of the molecule is CC(C)C(N)=NC(=N)/C=C\C(=N)CC(=O)c1ccc(F)cc1F. The number of benzene rings is 1. The smallest absolute Gasteiger partial charge is 0.171 e. The molecule has 23 heavy (non-hydrogen) atoms. The van der Waals surface area contributed by atoms with Gasteiger partial charge in [-0.2, -0.15) is 0 Å². The van der Waals surface area contributed by atoms with Crippen molar-refractivity contribution in [2.75, 3.05) is 0 Å². The lowest BCUT2D eigenvalue weighted by molar-refractivity contribution is 0.0997. The van der Waals surface area contributed by atoms with Gasteiger partial charge in [0.15, 0.2) is 5.78 Å². The molecule has 0 spiro atoms. The summed E-state index contributed by atoms with van der Waals surface area (Å²) in [6.45, 7) is 3.65. The molecule has 0 aliphatic heterocycles. The molecule has 1 aromatic carbocycles. The van der Waals surface area contributed by atoms with Crippen LogP contribution < -0.4 is 5.73 Å². The van der Waals surface area contributed by atoms with E-state index in [1.54, 1.807) is 0 Å². The average molecular weight is 320 g/mol. The molecule has 0 saturated heterocycles. The number of nitrogens with zero attached hydrogens (tertiary/aromatic N) is 1. The van der Waals surface area contributed by atoms with E-state index in [4.69, 9.17) is 16.6 Å². The minimum absolute atomic E-state index is 0.00812. The number of carbonyl (C=O) groups excluding carboxylic acids is 1. The molecular weight excluding hydrogens is 302 g/mol. The first-order valence-electron chi connectivity index (χ1n) is 6.87. The fraction of sp³-hybridized carbons (Fsp3) is 0.250. The number of nitrogens with one attached hydrogen (secondary N) is 2. The number of ketones is 1. The molecule has 0 aromatic heterocycles. The van der Waals surface area contributed by atoms with Gasteiger partial charge in [0.25, 0.3) is 0 Å². The number of carbonyl (C=O) groups is 1. The summed E-state index contributed by atoms with van der Waals surface area (Å²) in [5.41, 5.74) is 5.20. The second-order valence-electron chi connectivity index (χ2n) is 5.16. The van der Waals surface area contributed by atoms with Crippen LogP contribution in [0, 0.1) is 28.4 Å². The van der Waals surface area contributed by atoms with Crippen LogP contribution in [0.2, 0.25) is 0 Å². The van der Waals surface area contributed by atoms with Crippen molar-refractivity contribution in [3.8, 4) is 0 Å². The Morgan fingerprint density at radius 3 is 2.52 bits per heavy atom. The van der Waals surface area contributed by atoms with E-state index in [0.717, 1.165) is 12.1 Å². The summed E-state index contributed by atoms with van der Waals surface area (Å²) in [5.74, 6) is -2.26. The normalized spacial score (nSPS) is 12.0. The van der Waals surface area contributed by atoms with Crippen molar-refractivity contribution in [1.29, 1.82) is 10.8 Å². The molecule has 0 radical (unpaired) electrons. The van der Waals surface area contributed by atoms with Gasteiger partial charge >= 0.3 is 0 Å². The zero-order valence-corrected chi connectivity index (χ0v) is 12.9. The van der Waals surface area contributed by atoms with Crippen LogP contribution in [-0.4, -0.2) is 23.2 Å². The van der Waals surface area contributed by atoms with E-state index in [2.05, 4.69) is 4.99 Å². The summed E-state index contributed by atoms with van der Waals surface area (Å²) < 4.78 is 26.3. The molecule has 0 aliphatic rings. The summed E-state index contributed by atoms with van der Waals surface area (Å²) in [7, 11) is 0. The van der Waals surface area contributed by atoms with Crippen LogP contribution in [0.25, 0.3) is 0 Å². The van der Waals surface area contributed by atoms with E-state index < -0.39 is 17.4 Å². The summed E-state index contributed by atoms with van der Waals surface area (Å²) in [6.07, 6.45) is 2.08. The molecule has 0 unspecified atom stereocenters. The van der Waals surface area contributed by atoms with Crippen molar-refractivity contribution in [2.45, 2.75) is 20.3 Å². The quantitative estimate of drug-likeness (QED) is 0.426. The van der Waals surface area contributed by atoms with Crippen LogP contribution in [0.1, 0.15) is 30.6 Å². The predicted octanol–water partition coefficient (Wildman–Crippen LogP) is 3.10. The van der Waals surface area contributed by atoms with Gasteiger partial charge < -0.3 is 11.1 Å². The van der Waals surface area contributed by atoms with E-state index >= 15 is 0 Å². The summed E-state index contributed by atoms with van der Waals surface area (Å²) >= 11 is 0. The Morgan fingerprint density at radius 1 is 1.30 bits per heavy atom. The van der Waals surface area contributed by atoms with Crippen molar-refractivity contribution in [3.63, 3.8) is 0 Å². The van der Waals surface area contributed by atoms with E-state index in [1.807, 2.05) is 13.8 Å². The Hall–Kier alpha value is -2.70. The maximum Gasteiger partial charge on any atom is 0.171 e. The highest BCUT2D eigenvalue weighted by atomic mass is 19.1. The Bertz CT molecular complexity index is 693. The average Bonchev–Trinajstić information content (AvgIpc) is 2.44. The Labute approximate surface area is 132 Å². The fourth-order valence-corrected chi connectivity index (χ4v) is 1.53. The largest absolute Gasteiger partial charge is 0.387 e. The van der Waals surface area contributed by atoms with Crippen molar-refractivity contribution in [2.24, 2.45) is 16.6 Å². The highest BCUT2D eigenvalue weighted by molar-refractivity contribution is 6.14. The number of hydrogen-bond donors (Lipinski definition) is 3. The number of amidine groups is 2. The Balaban J connectivity index is 2.69. The predicted molar refractivity (Wildman–Crippen MR) is 86.4 cm³/mol. The molecule has 0 amide bonds. The highest BCUT2D eigenvalue weighted by Crippen LogP contribution is 2.12. The number of Topliss-reactive ketones (excluding diaryl/α,β-unsaturated/α-hetero) is 1. The van der Waals surface area contributed by atoms with Crippen molar-refractivity contribution in [3.05, 3.63) is 47.5 Å². The van der Waals surface area contributed by atoms with Crippen LogP contribution in [0.15, 0.2) is 35.3 Å². The second-order valence-corrected chi connectivity index (χ2v) is 5.16. The third kappa shape index (κ3) is 5.90. The van der Waals surface area contributed by atoms with Crippen LogP contribution >= 0.6 is 0 Å². The number of allylic oxidation sites excluding steroid dienone is 1. The molecule has 1 aromatic rings. The van der Waals surface area contributed by atoms with Crippen molar-refractivity contribution >= 4 is 23.2 Å². The van der Waals surface area contributed by atoms with Gasteiger partial charge in [-0.15, -0.1) is 0 Å². The summed E-state index contributed by atoms with van der Waals surface area (Å²) in [4.78, 5) is 15.7. The molecule has 0 bridgehead atoms. The van der Waals surface area contributed by atoms with Gasteiger partial charge in [0.2, 0.25) is 0 Å². The fourth-order valence-electron chi connectivity index (χ4n) is 1.53. The molecule has 7 heteroatoms. The van der Waals surface area contributed by atoms with Crippen LogP contribution in [0.4, 0.5) is 8.78 Å². The number of rotatable bonds is 6. The topological polar surface area (TPSA) is 103 Å². The summed E-state index contributed by atoms with van der Waals surface area (Å²) in [6, 6.07) is 2.64. The van der Waals surface area contributed by atoms with Crippen molar-refractivity contribution in [1.82, 2.24) is 0 Å². The summed E-state index contributed by atoms with van der Waals surface area (Å²) in [5, 5.41) is 15.2. The second kappa shape index (κ2) is 8.07. The third-order valence-corrected chi connectivity index (χ3v) is 2.87. The first-order valence-corrected chi connectivity index (χ1v) is 6.87. The number of hydrogen-bond acceptors (Lipinski definition) is 3. The standard InChI is InChI=1S/C16H18F2N4O/c1-9(2)16(21)22-15(20)6-4-11(19)8-14(23)12-5-3-10(17)7-13(12)18/h3-7,9,19H,8H2,1-2H3,(H3,20,21,22)/b6-4-,19-11?. The van der Waals surface area contributed by atoms with Gasteiger partial charge in [-0.1, -0.05) is 13.8 Å². The molecule has 1 rings (SSSR count). The number of nitrogens with two attached hydrogens (primary N) is 1. The van der Waals surface area contributed by atoms with Crippen LogP contribution in [-0.2, 0) is 0 Å². The molecule has 0 atom stereocenters. The number of aliphatic imine (C=N–C) groups is 1. The lowest BCUT2D eigenvalue weighted by Crippen LogP contribution is -2.20. The van der Waals surface area contributed by atoms with Gasteiger partial charge in [-0.25, -0.2) is 13.8 Å². The van der Waals surface area contributed by atoms with Crippen LogP contribution in [0.3, 0.4) is 0 Å². The first-order chi connectivity index (χ1) is 10.7. The van der Waals surface area contributed by atoms with Gasteiger partial charge in [0.1, 0.15) is 23.3 Å². The van der Waals surface area contributed by atoms with Crippen molar-refractivity contribution < 1.29 is 13.6 Å². The minimum Gasteiger partial charge on any atom is -0.387 e. The zero-order chi connectivity index (χ0) is 17.6. The molecule has 0 heterocycles. The molecule has 0 fully saturated rings. The maximum absolute atomic E-state index is 13.5. The van der Waals surface area contributed by atoms with Gasteiger partial charge in [-0.05, 0) is 24.3 Å². The zero-order valence-electron chi connectivity index (χ0n) is 12.9. The maximum atomic E-state index is 13.5.